The lowest BCUT2D eigenvalue weighted by molar-refractivity contribution is -0.158. The van der Waals surface area contributed by atoms with E-state index in [9.17, 15) is 9.90 Å². The third-order valence-corrected chi connectivity index (χ3v) is 3.58. The number of carbonyl (C=O) groups excluding carboxylic acids is 1. The van der Waals surface area contributed by atoms with E-state index in [1.54, 1.807) is 6.92 Å². The van der Waals surface area contributed by atoms with Gasteiger partial charge in [0.15, 0.2) is 0 Å². The van der Waals surface area contributed by atoms with Crippen molar-refractivity contribution in [2.75, 3.05) is 7.11 Å². The minimum Gasteiger partial charge on any atom is -0.469 e. The lowest BCUT2D eigenvalue weighted by atomic mass is 9.78. The third-order valence-electron chi connectivity index (χ3n) is 3.58. The largest absolute Gasteiger partial charge is 0.469 e. The summed E-state index contributed by atoms with van der Waals surface area (Å²) in [6, 6.07) is 0. The average Bonchev–Trinajstić information content (AvgIpc) is 2.27. The number of rotatable bonds is 9. The SMILES string of the molecule is CCCCCCCC(C)(O)C(C(=O)OC)C(C)C. The molecule has 0 aliphatic rings. The van der Waals surface area contributed by atoms with Crippen LogP contribution >= 0.6 is 0 Å². The average molecular weight is 258 g/mol. The highest BCUT2D eigenvalue weighted by molar-refractivity contribution is 5.73. The van der Waals surface area contributed by atoms with E-state index < -0.39 is 11.5 Å². The maximum Gasteiger partial charge on any atom is 0.311 e. The van der Waals surface area contributed by atoms with Crippen molar-refractivity contribution in [3.8, 4) is 0 Å². The van der Waals surface area contributed by atoms with Crippen LogP contribution in [0.4, 0.5) is 0 Å². The van der Waals surface area contributed by atoms with Crippen LogP contribution in [0.25, 0.3) is 0 Å². The minimum atomic E-state index is -0.965. The van der Waals surface area contributed by atoms with Gasteiger partial charge in [-0.2, -0.15) is 0 Å². The highest BCUT2D eigenvalue weighted by atomic mass is 16.5. The molecule has 0 spiro atoms. The molecule has 0 amide bonds. The van der Waals surface area contributed by atoms with Crippen LogP contribution in [0.15, 0.2) is 0 Å². The van der Waals surface area contributed by atoms with Gasteiger partial charge in [-0.15, -0.1) is 0 Å². The summed E-state index contributed by atoms with van der Waals surface area (Å²) in [6.45, 7) is 7.84. The second-order valence-corrected chi connectivity index (χ2v) is 5.77. The van der Waals surface area contributed by atoms with Crippen molar-refractivity contribution in [1.82, 2.24) is 0 Å². The van der Waals surface area contributed by atoms with E-state index >= 15 is 0 Å². The lowest BCUT2D eigenvalue weighted by Crippen LogP contribution is -2.43. The molecule has 108 valence electrons. The van der Waals surface area contributed by atoms with Crippen LogP contribution in [-0.4, -0.2) is 23.8 Å². The molecule has 0 fully saturated rings. The number of hydrogen-bond donors (Lipinski definition) is 1. The van der Waals surface area contributed by atoms with Crippen LogP contribution in [0.2, 0.25) is 0 Å². The monoisotopic (exact) mass is 258 g/mol. The first kappa shape index (κ1) is 17.4. The molecule has 0 saturated heterocycles. The molecule has 0 aromatic rings. The highest BCUT2D eigenvalue weighted by Crippen LogP contribution is 2.31. The molecule has 0 heterocycles. The molecule has 18 heavy (non-hydrogen) atoms. The maximum atomic E-state index is 11.8. The first-order valence-corrected chi connectivity index (χ1v) is 7.17. The van der Waals surface area contributed by atoms with Crippen molar-refractivity contribution in [2.45, 2.75) is 71.8 Å². The summed E-state index contributed by atoms with van der Waals surface area (Å²) in [7, 11) is 1.38. The smallest absolute Gasteiger partial charge is 0.311 e. The first-order chi connectivity index (χ1) is 8.36. The summed E-state index contributed by atoms with van der Waals surface area (Å²) >= 11 is 0. The van der Waals surface area contributed by atoms with E-state index in [2.05, 4.69) is 6.92 Å². The minimum absolute atomic E-state index is 0.0862. The molecule has 0 radical (unpaired) electrons. The molecule has 0 aromatic carbocycles. The van der Waals surface area contributed by atoms with Crippen LogP contribution in [0.5, 0.6) is 0 Å². The normalized spacial score (nSPS) is 16.4. The number of methoxy groups -OCH3 is 1. The molecule has 0 aromatic heterocycles. The number of ether oxygens (including phenoxy) is 1. The van der Waals surface area contributed by atoms with Gasteiger partial charge in [-0.3, -0.25) is 4.79 Å². The molecule has 0 bridgehead atoms. The second-order valence-electron chi connectivity index (χ2n) is 5.77. The number of hydrogen-bond acceptors (Lipinski definition) is 3. The van der Waals surface area contributed by atoms with Crippen molar-refractivity contribution in [1.29, 1.82) is 0 Å². The van der Waals surface area contributed by atoms with Crippen LogP contribution < -0.4 is 0 Å². The van der Waals surface area contributed by atoms with Gasteiger partial charge in [-0.1, -0.05) is 52.9 Å². The van der Waals surface area contributed by atoms with Gasteiger partial charge >= 0.3 is 5.97 Å². The molecule has 0 saturated carbocycles. The Bertz CT molecular complexity index is 234. The van der Waals surface area contributed by atoms with Crippen LogP contribution in [0.1, 0.15) is 66.2 Å². The van der Waals surface area contributed by atoms with E-state index in [0.717, 1.165) is 12.8 Å². The number of aliphatic hydroxyl groups is 1. The number of esters is 1. The second kappa shape index (κ2) is 8.52. The van der Waals surface area contributed by atoms with Crippen molar-refractivity contribution < 1.29 is 14.6 Å². The topological polar surface area (TPSA) is 46.5 Å². The molecule has 3 heteroatoms. The van der Waals surface area contributed by atoms with Crippen molar-refractivity contribution in [3.63, 3.8) is 0 Å². The summed E-state index contributed by atoms with van der Waals surface area (Å²) in [5, 5.41) is 10.5. The summed E-state index contributed by atoms with van der Waals surface area (Å²) in [6.07, 6.45) is 6.41. The number of unbranched alkanes of at least 4 members (excludes halogenated alkanes) is 4. The predicted octanol–water partition coefficient (Wildman–Crippen LogP) is 3.54. The number of carbonyl (C=O) groups is 1. The summed E-state index contributed by atoms with van der Waals surface area (Å²) in [4.78, 5) is 11.8. The zero-order valence-electron chi connectivity index (χ0n) is 12.7. The zero-order valence-corrected chi connectivity index (χ0v) is 12.7. The van der Waals surface area contributed by atoms with E-state index in [4.69, 9.17) is 4.74 Å². The molecule has 3 nitrogen and oxygen atoms in total. The van der Waals surface area contributed by atoms with Crippen LogP contribution in [0.3, 0.4) is 0 Å². The molecule has 2 unspecified atom stereocenters. The molecule has 0 aliphatic carbocycles. The van der Waals surface area contributed by atoms with Gasteiger partial charge in [0, 0.05) is 0 Å². The van der Waals surface area contributed by atoms with Crippen molar-refractivity contribution in [2.24, 2.45) is 11.8 Å². The van der Waals surface area contributed by atoms with Gasteiger partial charge in [0.05, 0.1) is 18.6 Å². The van der Waals surface area contributed by atoms with Gasteiger partial charge in [-0.25, -0.2) is 0 Å². The lowest BCUT2D eigenvalue weighted by Gasteiger charge is -2.33. The zero-order chi connectivity index (χ0) is 14.2. The van der Waals surface area contributed by atoms with Gasteiger partial charge in [0.25, 0.3) is 0 Å². The Morgan fingerprint density at radius 3 is 2.22 bits per heavy atom. The van der Waals surface area contributed by atoms with Gasteiger partial charge in [0.2, 0.25) is 0 Å². The Morgan fingerprint density at radius 1 is 1.22 bits per heavy atom. The predicted molar refractivity (Wildman–Crippen MR) is 74.3 cm³/mol. The van der Waals surface area contributed by atoms with Gasteiger partial charge < -0.3 is 9.84 Å². The van der Waals surface area contributed by atoms with Crippen LogP contribution in [-0.2, 0) is 9.53 Å². The summed E-state index contributed by atoms with van der Waals surface area (Å²) in [5.41, 5.74) is -0.965. The van der Waals surface area contributed by atoms with Crippen molar-refractivity contribution in [3.05, 3.63) is 0 Å². The van der Waals surface area contributed by atoms with E-state index in [-0.39, 0.29) is 11.9 Å². The Labute approximate surface area is 112 Å². The maximum absolute atomic E-state index is 11.8. The third kappa shape index (κ3) is 5.85. The molecule has 0 aliphatic heterocycles. The van der Waals surface area contributed by atoms with Crippen LogP contribution in [0, 0.1) is 11.8 Å². The standard InChI is InChI=1S/C15H30O3/c1-6-7-8-9-10-11-15(4,17)13(12(2)3)14(16)18-5/h12-13,17H,6-11H2,1-5H3. The van der Waals surface area contributed by atoms with E-state index in [1.165, 1.54) is 26.4 Å². The van der Waals surface area contributed by atoms with Crippen molar-refractivity contribution >= 4 is 5.97 Å². The van der Waals surface area contributed by atoms with Gasteiger partial charge in [0.1, 0.15) is 0 Å². The Hall–Kier alpha value is -0.570. The Balaban J connectivity index is 4.33. The summed E-state index contributed by atoms with van der Waals surface area (Å²) < 4.78 is 4.81. The fraction of sp³-hybridized carbons (Fsp3) is 0.933. The molecular weight excluding hydrogens is 228 g/mol. The fourth-order valence-electron chi connectivity index (χ4n) is 2.61. The first-order valence-electron chi connectivity index (χ1n) is 7.17. The molecular formula is C15H30O3. The van der Waals surface area contributed by atoms with E-state index in [0.29, 0.717) is 6.42 Å². The molecule has 2 atom stereocenters. The van der Waals surface area contributed by atoms with E-state index in [1.807, 2.05) is 13.8 Å². The highest BCUT2D eigenvalue weighted by Gasteiger charge is 2.39. The van der Waals surface area contributed by atoms with Gasteiger partial charge in [-0.05, 0) is 19.3 Å². The fourth-order valence-corrected chi connectivity index (χ4v) is 2.61. The quantitative estimate of drug-likeness (QED) is 0.508. The molecule has 0 rings (SSSR count). The Kier molecular flexibility index (Phi) is 8.25. The molecule has 1 N–H and O–H groups in total. The Morgan fingerprint density at radius 2 is 1.78 bits per heavy atom. The summed E-state index contributed by atoms with van der Waals surface area (Å²) in [5.74, 6) is -0.652.